The number of pyridine rings is 2. The van der Waals surface area contributed by atoms with Gasteiger partial charge in [-0.25, -0.2) is 9.97 Å². The van der Waals surface area contributed by atoms with Crippen LogP contribution in [0.1, 0.15) is 29.4 Å². The van der Waals surface area contributed by atoms with Crippen molar-refractivity contribution < 1.29 is 4.79 Å². The van der Waals surface area contributed by atoms with Crippen LogP contribution < -0.4 is 5.32 Å². The van der Waals surface area contributed by atoms with Crippen LogP contribution in [-0.2, 0) is 6.42 Å². The summed E-state index contributed by atoms with van der Waals surface area (Å²) in [6.45, 7) is 2.05. The number of hydrogen-bond donors (Lipinski definition) is 1. The second kappa shape index (κ2) is 6.81. The van der Waals surface area contributed by atoms with Crippen LogP contribution in [0, 0.1) is 0 Å². The highest BCUT2D eigenvalue weighted by molar-refractivity contribution is 9.10. The third-order valence-electron chi connectivity index (χ3n) is 2.58. The van der Waals surface area contributed by atoms with Crippen LogP contribution in [0.25, 0.3) is 0 Å². The fourth-order valence-corrected chi connectivity index (χ4v) is 2.17. The second-order valence-electron chi connectivity index (χ2n) is 4.24. The predicted octanol–water partition coefficient (Wildman–Crippen LogP) is 4.10. The van der Waals surface area contributed by atoms with Gasteiger partial charge in [-0.2, -0.15) is 0 Å². The van der Waals surface area contributed by atoms with Crippen LogP contribution >= 0.6 is 27.5 Å². The van der Waals surface area contributed by atoms with E-state index >= 15 is 0 Å². The third-order valence-corrected chi connectivity index (χ3v) is 3.25. The molecule has 0 aliphatic heterocycles. The number of rotatable bonds is 4. The van der Waals surface area contributed by atoms with Gasteiger partial charge in [-0.05, 0) is 46.6 Å². The highest BCUT2D eigenvalue weighted by Gasteiger charge is 2.10. The summed E-state index contributed by atoms with van der Waals surface area (Å²) >= 11 is 9.23. The summed E-state index contributed by atoms with van der Waals surface area (Å²) in [5.41, 5.74) is 1.30. The first-order valence-corrected chi connectivity index (χ1v) is 7.35. The summed E-state index contributed by atoms with van der Waals surface area (Å²) in [5, 5.41) is 3.05. The monoisotopic (exact) mass is 353 g/mol. The number of aromatic nitrogens is 2. The zero-order chi connectivity index (χ0) is 14.5. The van der Waals surface area contributed by atoms with Crippen molar-refractivity contribution in [2.24, 2.45) is 0 Å². The van der Waals surface area contributed by atoms with Crippen LogP contribution in [0.15, 0.2) is 34.9 Å². The maximum atomic E-state index is 12.2. The number of hydrogen-bond acceptors (Lipinski definition) is 3. The molecule has 2 aromatic heterocycles. The molecule has 20 heavy (non-hydrogen) atoms. The number of nitrogens with zero attached hydrogens (tertiary/aromatic N) is 2. The standard InChI is InChI=1S/C14H13BrClN3O/c1-2-3-11-6-9(7-12(16)18-11)14(20)19-13-5-4-10(15)8-17-13/h4-8H,2-3H2,1H3,(H,17,19,20). The van der Waals surface area contributed by atoms with Gasteiger partial charge in [-0.1, -0.05) is 24.9 Å². The molecule has 4 nitrogen and oxygen atoms in total. The van der Waals surface area contributed by atoms with Crippen molar-refractivity contribution in [2.45, 2.75) is 19.8 Å². The fraction of sp³-hybridized carbons (Fsp3) is 0.214. The maximum Gasteiger partial charge on any atom is 0.256 e. The number of amides is 1. The summed E-state index contributed by atoms with van der Waals surface area (Å²) in [6, 6.07) is 6.83. The lowest BCUT2D eigenvalue weighted by atomic mass is 10.1. The molecule has 0 unspecified atom stereocenters. The van der Waals surface area contributed by atoms with Gasteiger partial charge in [0.1, 0.15) is 11.0 Å². The van der Waals surface area contributed by atoms with Gasteiger partial charge in [0.25, 0.3) is 5.91 Å². The molecule has 1 N–H and O–H groups in total. The maximum absolute atomic E-state index is 12.2. The predicted molar refractivity (Wildman–Crippen MR) is 83.1 cm³/mol. The lowest BCUT2D eigenvalue weighted by molar-refractivity contribution is 0.102. The molecule has 0 spiro atoms. The first-order valence-electron chi connectivity index (χ1n) is 6.18. The first-order chi connectivity index (χ1) is 9.58. The Bertz CT molecular complexity index is 616. The van der Waals surface area contributed by atoms with Crippen LogP contribution in [0.3, 0.4) is 0 Å². The van der Waals surface area contributed by atoms with E-state index in [1.165, 1.54) is 0 Å². The molecule has 0 saturated carbocycles. The summed E-state index contributed by atoms with van der Waals surface area (Å²) in [6.07, 6.45) is 3.36. The van der Waals surface area contributed by atoms with Crippen LogP contribution in [0.5, 0.6) is 0 Å². The molecule has 0 aliphatic rings. The summed E-state index contributed by atoms with van der Waals surface area (Å²) in [4.78, 5) is 20.4. The van der Waals surface area contributed by atoms with E-state index < -0.39 is 0 Å². The Morgan fingerprint density at radius 3 is 2.85 bits per heavy atom. The Kier molecular flexibility index (Phi) is 5.09. The Hall–Kier alpha value is -1.46. The summed E-state index contributed by atoms with van der Waals surface area (Å²) < 4.78 is 0.854. The van der Waals surface area contributed by atoms with Crippen LogP contribution in [0.4, 0.5) is 5.82 Å². The molecule has 0 aliphatic carbocycles. The number of carbonyl (C=O) groups excluding carboxylic acids is 1. The van der Waals surface area contributed by atoms with Crippen LogP contribution in [0.2, 0.25) is 5.15 Å². The van der Waals surface area contributed by atoms with Crippen molar-refractivity contribution in [3.8, 4) is 0 Å². The van der Waals surface area contributed by atoms with Gasteiger partial charge in [0.2, 0.25) is 0 Å². The van der Waals surface area contributed by atoms with Crippen molar-refractivity contribution in [1.29, 1.82) is 0 Å². The summed E-state index contributed by atoms with van der Waals surface area (Å²) in [7, 11) is 0. The Labute approximate surface area is 130 Å². The molecule has 0 radical (unpaired) electrons. The van der Waals surface area contributed by atoms with E-state index in [-0.39, 0.29) is 5.91 Å². The number of anilines is 1. The molecule has 6 heteroatoms. The van der Waals surface area contributed by atoms with E-state index in [1.54, 1.807) is 24.4 Å². The van der Waals surface area contributed by atoms with Crippen molar-refractivity contribution in [3.05, 3.63) is 51.3 Å². The van der Waals surface area contributed by atoms with Gasteiger partial charge in [-0.3, -0.25) is 4.79 Å². The molecule has 1 amide bonds. The third kappa shape index (κ3) is 4.02. The molecular formula is C14H13BrClN3O. The lowest BCUT2D eigenvalue weighted by Crippen LogP contribution is -2.13. The number of aryl methyl sites for hydroxylation is 1. The van der Waals surface area contributed by atoms with E-state index in [0.717, 1.165) is 23.0 Å². The van der Waals surface area contributed by atoms with E-state index in [2.05, 4.69) is 31.2 Å². The highest BCUT2D eigenvalue weighted by Crippen LogP contribution is 2.15. The van der Waals surface area contributed by atoms with Gasteiger partial charge in [0.15, 0.2) is 0 Å². The average molecular weight is 355 g/mol. The largest absolute Gasteiger partial charge is 0.307 e. The normalized spacial score (nSPS) is 10.3. The number of nitrogens with one attached hydrogen (secondary N) is 1. The lowest BCUT2D eigenvalue weighted by Gasteiger charge is -2.06. The van der Waals surface area contributed by atoms with Crippen molar-refractivity contribution in [1.82, 2.24) is 9.97 Å². The molecule has 2 aromatic rings. The molecule has 0 bridgehead atoms. The molecule has 104 valence electrons. The minimum atomic E-state index is -0.249. The Morgan fingerprint density at radius 1 is 1.40 bits per heavy atom. The van der Waals surface area contributed by atoms with E-state index in [9.17, 15) is 4.79 Å². The first kappa shape index (κ1) is 14.9. The second-order valence-corrected chi connectivity index (χ2v) is 5.54. The quantitative estimate of drug-likeness (QED) is 0.841. The molecule has 0 fully saturated rings. The minimum absolute atomic E-state index is 0.249. The topological polar surface area (TPSA) is 54.9 Å². The fourth-order valence-electron chi connectivity index (χ4n) is 1.70. The van der Waals surface area contributed by atoms with Gasteiger partial charge in [-0.15, -0.1) is 0 Å². The molecule has 2 rings (SSSR count). The molecule has 2 heterocycles. The highest BCUT2D eigenvalue weighted by atomic mass is 79.9. The zero-order valence-corrected chi connectivity index (χ0v) is 13.2. The molecule has 0 atom stereocenters. The average Bonchev–Trinajstić information content (AvgIpc) is 2.41. The van der Waals surface area contributed by atoms with Crippen molar-refractivity contribution >= 4 is 39.3 Å². The van der Waals surface area contributed by atoms with Crippen LogP contribution in [-0.4, -0.2) is 15.9 Å². The molecule has 0 saturated heterocycles. The molecular weight excluding hydrogens is 342 g/mol. The SMILES string of the molecule is CCCc1cc(C(=O)Nc2ccc(Br)cn2)cc(Cl)n1. The van der Waals surface area contributed by atoms with E-state index in [4.69, 9.17) is 11.6 Å². The van der Waals surface area contributed by atoms with Crippen molar-refractivity contribution in [3.63, 3.8) is 0 Å². The minimum Gasteiger partial charge on any atom is -0.307 e. The van der Waals surface area contributed by atoms with E-state index in [1.807, 2.05) is 13.0 Å². The van der Waals surface area contributed by atoms with Gasteiger partial charge in [0, 0.05) is 21.9 Å². The zero-order valence-electron chi connectivity index (χ0n) is 10.9. The number of carbonyl (C=O) groups is 1. The number of halogens is 2. The van der Waals surface area contributed by atoms with E-state index in [0.29, 0.717) is 16.5 Å². The van der Waals surface area contributed by atoms with Gasteiger partial charge in [0.05, 0.1) is 0 Å². The summed E-state index contributed by atoms with van der Waals surface area (Å²) in [5.74, 6) is 0.240. The Balaban J connectivity index is 2.18. The van der Waals surface area contributed by atoms with Crippen molar-refractivity contribution in [2.75, 3.05) is 5.32 Å². The molecule has 0 aromatic carbocycles. The Morgan fingerprint density at radius 2 is 2.20 bits per heavy atom. The van der Waals surface area contributed by atoms with Gasteiger partial charge >= 0.3 is 0 Å². The smallest absolute Gasteiger partial charge is 0.256 e. The van der Waals surface area contributed by atoms with Gasteiger partial charge < -0.3 is 5.32 Å².